The summed E-state index contributed by atoms with van der Waals surface area (Å²) in [5, 5.41) is 8.38. The van der Waals surface area contributed by atoms with Gasteiger partial charge >= 0.3 is 0 Å². The van der Waals surface area contributed by atoms with Crippen LogP contribution in [0.4, 0.5) is 0 Å². The molecule has 2 rings (SSSR count). The zero-order valence-electron chi connectivity index (χ0n) is 11.5. The lowest BCUT2D eigenvalue weighted by Crippen LogP contribution is -2.10. The van der Waals surface area contributed by atoms with Crippen molar-refractivity contribution in [1.82, 2.24) is 15.0 Å². The van der Waals surface area contributed by atoms with Crippen LogP contribution in [0, 0.1) is 13.8 Å². The minimum Gasteiger partial charge on any atom is -0.323 e. The van der Waals surface area contributed by atoms with E-state index in [1.165, 1.54) is 5.56 Å². The fourth-order valence-corrected chi connectivity index (χ4v) is 3.07. The SMILES string of the molecule is CCCC(N)c1cn(-c2c(C)cc(C)cc2Br)nn1. The Hall–Kier alpha value is -1.20. The molecule has 1 atom stereocenters. The summed E-state index contributed by atoms with van der Waals surface area (Å²) in [4.78, 5) is 0. The van der Waals surface area contributed by atoms with Crippen LogP contribution in [0.1, 0.15) is 42.6 Å². The predicted molar refractivity (Wildman–Crippen MR) is 80.4 cm³/mol. The Labute approximate surface area is 122 Å². The number of nitrogens with zero attached hydrogens (tertiary/aromatic N) is 3. The maximum atomic E-state index is 6.07. The van der Waals surface area contributed by atoms with Crippen molar-refractivity contribution in [1.29, 1.82) is 0 Å². The molecule has 0 saturated heterocycles. The lowest BCUT2D eigenvalue weighted by molar-refractivity contribution is 0.619. The Balaban J connectivity index is 2.38. The van der Waals surface area contributed by atoms with Crippen LogP contribution >= 0.6 is 15.9 Å². The van der Waals surface area contributed by atoms with Gasteiger partial charge in [0, 0.05) is 4.47 Å². The first-order chi connectivity index (χ1) is 9.02. The van der Waals surface area contributed by atoms with Crippen molar-refractivity contribution in [3.05, 3.63) is 39.6 Å². The van der Waals surface area contributed by atoms with E-state index < -0.39 is 0 Å². The normalized spacial score (nSPS) is 12.7. The van der Waals surface area contributed by atoms with Crippen molar-refractivity contribution in [3.8, 4) is 5.69 Å². The summed E-state index contributed by atoms with van der Waals surface area (Å²) in [7, 11) is 0. The summed E-state index contributed by atoms with van der Waals surface area (Å²) >= 11 is 3.59. The van der Waals surface area contributed by atoms with Gasteiger partial charge in [-0.1, -0.05) is 24.6 Å². The maximum Gasteiger partial charge on any atom is 0.0998 e. The van der Waals surface area contributed by atoms with Crippen molar-refractivity contribution in [2.45, 2.75) is 39.7 Å². The number of hydrogen-bond donors (Lipinski definition) is 1. The first-order valence-corrected chi connectivity index (χ1v) is 7.27. The molecule has 0 aliphatic rings. The third kappa shape index (κ3) is 3.04. The van der Waals surface area contributed by atoms with Crippen molar-refractivity contribution < 1.29 is 0 Å². The average Bonchev–Trinajstić information content (AvgIpc) is 2.77. The first-order valence-electron chi connectivity index (χ1n) is 6.48. The zero-order chi connectivity index (χ0) is 14.0. The number of benzene rings is 1. The smallest absolute Gasteiger partial charge is 0.0998 e. The fraction of sp³-hybridized carbons (Fsp3) is 0.429. The molecule has 1 unspecified atom stereocenters. The van der Waals surface area contributed by atoms with Crippen LogP contribution in [0.5, 0.6) is 0 Å². The third-order valence-corrected chi connectivity index (χ3v) is 3.72. The fourth-order valence-electron chi connectivity index (χ4n) is 2.21. The first kappa shape index (κ1) is 14.2. The molecule has 1 aromatic heterocycles. The van der Waals surface area contributed by atoms with Gasteiger partial charge < -0.3 is 5.73 Å². The lowest BCUT2D eigenvalue weighted by atomic mass is 10.1. The van der Waals surface area contributed by atoms with Gasteiger partial charge in [-0.25, -0.2) is 4.68 Å². The van der Waals surface area contributed by atoms with Gasteiger partial charge in [-0.3, -0.25) is 0 Å². The standard InChI is InChI=1S/C14H19BrN4/c1-4-5-12(16)13-8-19(18-17-13)14-10(3)6-9(2)7-11(14)15/h6-8,12H,4-5,16H2,1-3H3. The molecule has 0 aliphatic carbocycles. The van der Waals surface area contributed by atoms with Crippen LogP contribution in [0.2, 0.25) is 0 Å². The van der Waals surface area contributed by atoms with Crippen molar-refractivity contribution in [3.63, 3.8) is 0 Å². The van der Waals surface area contributed by atoms with E-state index in [0.717, 1.165) is 34.3 Å². The molecule has 0 radical (unpaired) electrons. The van der Waals surface area contributed by atoms with E-state index in [1.54, 1.807) is 4.68 Å². The largest absolute Gasteiger partial charge is 0.323 e. The Bertz CT molecular complexity index is 554. The molecule has 2 N–H and O–H groups in total. The van der Waals surface area contributed by atoms with Crippen LogP contribution in [0.15, 0.2) is 22.8 Å². The van der Waals surface area contributed by atoms with E-state index in [4.69, 9.17) is 5.73 Å². The topological polar surface area (TPSA) is 56.7 Å². The second kappa shape index (κ2) is 5.84. The second-order valence-corrected chi connectivity index (χ2v) is 5.75. The van der Waals surface area contributed by atoms with Crippen LogP contribution in [0.3, 0.4) is 0 Å². The summed E-state index contributed by atoms with van der Waals surface area (Å²) in [5.74, 6) is 0. The quantitative estimate of drug-likeness (QED) is 0.937. The van der Waals surface area contributed by atoms with Gasteiger partial charge in [0.25, 0.3) is 0 Å². The Morgan fingerprint density at radius 3 is 2.74 bits per heavy atom. The molecule has 0 amide bonds. The Morgan fingerprint density at radius 2 is 2.11 bits per heavy atom. The monoisotopic (exact) mass is 322 g/mol. The van der Waals surface area contributed by atoms with Crippen molar-refractivity contribution in [2.24, 2.45) is 5.73 Å². The molecule has 102 valence electrons. The number of halogens is 1. The van der Waals surface area contributed by atoms with E-state index in [9.17, 15) is 0 Å². The average molecular weight is 323 g/mol. The van der Waals surface area contributed by atoms with E-state index in [1.807, 2.05) is 6.20 Å². The Kier molecular flexibility index (Phi) is 4.37. The number of rotatable bonds is 4. The van der Waals surface area contributed by atoms with Crippen LogP contribution < -0.4 is 5.73 Å². The van der Waals surface area contributed by atoms with Gasteiger partial charge in [-0.2, -0.15) is 0 Å². The number of aromatic nitrogens is 3. The molecule has 0 fully saturated rings. The molecule has 5 heteroatoms. The molecule has 1 aromatic carbocycles. The number of hydrogen-bond acceptors (Lipinski definition) is 3. The molecule has 2 aromatic rings. The molecule has 0 spiro atoms. The third-order valence-electron chi connectivity index (χ3n) is 3.12. The van der Waals surface area contributed by atoms with Gasteiger partial charge in [0.15, 0.2) is 0 Å². The van der Waals surface area contributed by atoms with E-state index in [2.05, 4.69) is 59.1 Å². The van der Waals surface area contributed by atoms with Gasteiger partial charge in [0.2, 0.25) is 0 Å². The van der Waals surface area contributed by atoms with E-state index in [-0.39, 0.29) is 6.04 Å². The highest BCUT2D eigenvalue weighted by Gasteiger charge is 2.13. The van der Waals surface area contributed by atoms with Crippen molar-refractivity contribution in [2.75, 3.05) is 0 Å². The van der Waals surface area contributed by atoms with Gasteiger partial charge in [0.05, 0.1) is 23.6 Å². The summed E-state index contributed by atoms with van der Waals surface area (Å²) < 4.78 is 2.81. The molecule has 0 bridgehead atoms. The molecular weight excluding hydrogens is 304 g/mol. The molecular formula is C14H19BrN4. The van der Waals surface area contributed by atoms with Gasteiger partial charge in [-0.05, 0) is 53.4 Å². The van der Waals surface area contributed by atoms with Gasteiger partial charge in [0.1, 0.15) is 0 Å². The summed E-state index contributed by atoms with van der Waals surface area (Å²) in [6.07, 6.45) is 3.89. The highest BCUT2D eigenvalue weighted by Crippen LogP contribution is 2.26. The summed E-state index contributed by atoms with van der Waals surface area (Å²) in [5.41, 5.74) is 10.3. The second-order valence-electron chi connectivity index (χ2n) is 4.90. The minimum atomic E-state index is -0.0386. The zero-order valence-corrected chi connectivity index (χ0v) is 13.1. The number of nitrogens with two attached hydrogens (primary N) is 1. The highest BCUT2D eigenvalue weighted by molar-refractivity contribution is 9.10. The summed E-state index contributed by atoms with van der Waals surface area (Å²) in [6.45, 7) is 6.26. The number of aryl methyl sites for hydroxylation is 2. The van der Waals surface area contributed by atoms with Crippen molar-refractivity contribution >= 4 is 15.9 Å². The van der Waals surface area contributed by atoms with Crippen LogP contribution in [-0.4, -0.2) is 15.0 Å². The van der Waals surface area contributed by atoms with E-state index in [0.29, 0.717) is 0 Å². The van der Waals surface area contributed by atoms with E-state index >= 15 is 0 Å². The molecule has 0 saturated carbocycles. The lowest BCUT2D eigenvalue weighted by Gasteiger charge is -2.09. The highest BCUT2D eigenvalue weighted by atomic mass is 79.9. The molecule has 0 aliphatic heterocycles. The molecule has 4 nitrogen and oxygen atoms in total. The molecule has 19 heavy (non-hydrogen) atoms. The van der Waals surface area contributed by atoms with Gasteiger partial charge in [-0.15, -0.1) is 5.10 Å². The Morgan fingerprint density at radius 1 is 1.37 bits per heavy atom. The summed E-state index contributed by atoms with van der Waals surface area (Å²) in [6, 6.07) is 4.17. The minimum absolute atomic E-state index is 0.0386. The molecule has 1 heterocycles. The predicted octanol–water partition coefficient (Wildman–Crippen LogP) is 3.45. The maximum absolute atomic E-state index is 6.07. The van der Waals surface area contributed by atoms with Crippen LogP contribution in [-0.2, 0) is 0 Å². The van der Waals surface area contributed by atoms with Crippen LogP contribution in [0.25, 0.3) is 5.69 Å².